The van der Waals surface area contributed by atoms with Gasteiger partial charge in [-0.3, -0.25) is 9.69 Å². The van der Waals surface area contributed by atoms with Crippen LogP contribution in [0.25, 0.3) is 0 Å². The van der Waals surface area contributed by atoms with Crippen molar-refractivity contribution in [2.75, 3.05) is 20.2 Å². The highest BCUT2D eigenvalue weighted by molar-refractivity contribution is 5.71. The molecule has 0 N–H and O–H groups in total. The van der Waals surface area contributed by atoms with E-state index in [2.05, 4.69) is 11.8 Å². The summed E-state index contributed by atoms with van der Waals surface area (Å²) in [5.74, 6) is -0.104. The van der Waals surface area contributed by atoms with Crippen LogP contribution in [0.3, 0.4) is 0 Å². The van der Waals surface area contributed by atoms with Crippen molar-refractivity contribution in [3.8, 4) is 0 Å². The predicted molar refractivity (Wildman–Crippen MR) is 56.1 cm³/mol. The molecule has 0 bridgehead atoms. The van der Waals surface area contributed by atoms with Crippen LogP contribution in [-0.4, -0.2) is 37.1 Å². The van der Waals surface area contributed by atoms with E-state index in [9.17, 15) is 4.79 Å². The van der Waals surface area contributed by atoms with Gasteiger partial charge in [-0.05, 0) is 25.8 Å². The summed E-state index contributed by atoms with van der Waals surface area (Å²) in [7, 11) is 1.46. The van der Waals surface area contributed by atoms with Gasteiger partial charge in [0.05, 0.1) is 13.7 Å². The van der Waals surface area contributed by atoms with Crippen molar-refractivity contribution in [3.63, 3.8) is 0 Å². The lowest BCUT2D eigenvalue weighted by Crippen LogP contribution is -2.42. The van der Waals surface area contributed by atoms with Gasteiger partial charge in [0.15, 0.2) is 0 Å². The Morgan fingerprint density at radius 2 is 2.29 bits per heavy atom. The first-order valence-electron chi connectivity index (χ1n) is 5.58. The summed E-state index contributed by atoms with van der Waals surface area (Å²) >= 11 is 0. The monoisotopic (exact) mass is 199 g/mol. The molecule has 3 nitrogen and oxygen atoms in total. The summed E-state index contributed by atoms with van der Waals surface area (Å²) in [5.41, 5.74) is 0. The van der Waals surface area contributed by atoms with Crippen molar-refractivity contribution in [2.24, 2.45) is 0 Å². The average molecular weight is 199 g/mol. The number of hydrogen-bond donors (Lipinski definition) is 0. The summed E-state index contributed by atoms with van der Waals surface area (Å²) < 4.78 is 4.70. The number of carbonyl (C=O) groups is 1. The van der Waals surface area contributed by atoms with Gasteiger partial charge in [0.1, 0.15) is 0 Å². The molecule has 0 aromatic rings. The zero-order valence-electron chi connectivity index (χ0n) is 9.29. The summed E-state index contributed by atoms with van der Waals surface area (Å²) in [6, 6.07) is 0.604. The van der Waals surface area contributed by atoms with E-state index in [0.717, 1.165) is 6.54 Å². The zero-order valence-corrected chi connectivity index (χ0v) is 9.29. The van der Waals surface area contributed by atoms with Crippen LogP contribution in [0.15, 0.2) is 0 Å². The van der Waals surface area contributed by atoms with Gasteiger partial charge in [-0.2, -0.15) is 0 Å². The van der Waals surface area contributed by atoms with Crippen molar-refractivity contribution >= 4 is 5.97 Å². The van der Waals surface area contributed by atoms with Gasteiger partial charge in [-0.15, -0.1) is 0 Å². The Hall–Kier alpha value is -0.570. The van der Waals surface area contributed by atoms with Crippen molar-refractivity contribution in [2.45, 2.75) is 45.1 Å². The van der Waals surface area contributed by atoms with Crippen LogP contribution >= 0.6 is 0 Å². The second kappa shape index (κ2) is 6.02. The smallest absolute Gasteiger partial charge is 0.319 e. The van der Waals surface area contributed by atoms with E-state index in [-0.39, 0.29) is 5.97 Å². The Kier molecular flexibility index (Phi) is 4.94. The van der Waals surface area contributed by atoms with Crippen molar-refractivity contribution < 1.29 is 9.53 Å². The van der Waals surface area contributed by atoms with Gasteiger partial charge in [0.25, 0.3) is 0 Å². The number of rotatable bonds is 4. The molecule has 0 spiro atoms. The maximum atomic E-state index is 11.2. The highest BCUT2D eigenvalue weighted by Gasteiger charge is 2.23. The first-order valence-corrected chi connectivity index (χ1v) is 5.58. The van der Waals surface area contributed by atoms with Crippen molar-refractivity contribution in [1.82, 2.24) is 4.90 Å². The minimum atomic E-state index is -0.104. The maximum Gasteiger partial charge on any atom is 0.319 e. The molecule has 0 aromatic heterocycles. The summed E-state index contributed by atoms with van der Waals surface area (Å²) in [4.78, 5) is 13.4. The van der Waals surface area contributed by atoms with E-state index in [1.165, 1.54) is 39.2 Å². The van der Waals surface area contributed by atoms with Gasteiger partial charge in [-0.25, -0.2) is 0 Å². The third-order valence-electron chi connectivity index (χ3n) is 2.93. The maximum absolute atomic E-state index is 11.2. The quantitative estimate of drug-likeness (QED) is 0.647. The number of methoxy groups -OCH3 is 1. The molecule has 14 heavy (non-hydrogen) atoms. The lowest BCUT2D eigenvalue weighted by atomic mass is 9.98. The number of ether oxygens (including phenoxy) is 1. The van der Waals surface area contributed by atoms with Crippen LogP contribution in [0.2, 0.25) is 0 Å². The Morgan fingerprint density at radius 3 is 2.93 bits per heavy atom. The fourth-order valence-corrected chi connectivity index (χ4v) is 2.16. The second-order valence-corrected chi connectivity index (χ2v) is 3.98. The molecule has 0 aliphatic carbocycles. The number of nitrogens with zero attached hydrogens (tertiary/aromatic N) is 1. The second-order valence-electron chi connectivity index (χ2n) is 3.98. The lowest BCUT2D eigenvalue weighted by molar-refractivity contribution is -0.143. The molecule has 1 fully saturated rings. The van der Waals surface area contributed by atoms with Gasteiger partial charge < -0.3 is 4.74 Å². The summed E-state index contributed by atoms with van der Waals surface area (Å²) in [6.07, 6.45) is 6.17. The Morgan fingerprint density at radius 1 is 1.50 bits per heavy atom. The van der Waals surface area contributed by atoms with Crippen molar-refractivity contribution in [1.29, 1.82) is 0 Å². The molecule has 3 heteroatoms. The van der Waals surface area contributed by atoms with Crippen LogP contribution in [0.5, 0.6) is 0 Å². The number of likely N-dealkylation sites (tertiary alicyclic amines) is 1. The Bertz CT molecular complexity index is 180. The number of piperidine rings is 1. The average Bonchev–Trinajstić information content (AvgIpc) is 2.21. The first-order chi connectivity index (χ1) is 6.77. The van der Waals surface area contributed by atoms with E-state index in [1.54, 1.807) is 0 Å². The molecule has 1 unspecified atom stereocenters. The molecule has 0 radical (unpaired) electrons. The molecule has 0 amide bonds. The minimum absolute atomic E-state index is 0.104. The largest absolute Gasteiger partial charge is 0.468 e. The normalized spacial score (nSPS) is 23.4. The van der Waals surface area contributed by atoms with Crippen LogP contribution in [-0.2, 0) is 9.53 Å². The highest BCUT2D eigenvalue weighted by Crippen LogP contribution is 2.20. The summed E-state index contributed by atoms with van der Waals surface area (Å²) in [6.45, 7) is 3.73. The molecule has 1 saturated heterocycles. The number of carbonyl (C=O) groups excluding carboxylic acids is 1. The minimum Gasteiger partial charge on any atom is -0.468 e. The lowest BCUT2D eigenvalue weighted by Gasteiger charge is -2.34. The van der Waals surface area contributed by atoms with Gasteiger partial charge in [0, 0.05) is 6.04 Å². The third kappa shape index (κ3) is 3.29. The molecular weight excluding hydrogens is 178 g/mol. The van der Waals surface area contributed by atoms with Crippen LogP contribution in [0, 0.1) is 0 Å². The van der Waals surface area contributed by atoms with Gasteiger partial charge >= 0.3 is 5.97 Å². The fraction of sp³-hybridized carbons (Fsp3) is 0.909. The van der Waals surface area contributed by atoms with E-state index in [0.29, 0.717) is 12.6 Å². The standard InChI is InChI=1S/C11H21NO2/c1-3-6-10-7-4-5-8-12(10)9-11(13)14-2/h10H,3-9H2,1-2H3. The van der Waals surface area contributed by atoms with Gasteiger partial charge in [0.2, 0.25) is 0 Å². The zero-order chi connectivity index (χ0) is 10.4. The van der Waals surface area contributed by atoms with Gasteiger partial charge in [-0.1, -0.05) is 19.8 Å². The fourth-order valence-electron chi connectivity index (χ4n) is 2.16. The molecule has 1 aliphatic heterocycles. The molecule has 0 aromatic carbocycles. The molecule has 0 saturated carbocycles. The number of hydrogen-bond acceptors (Lipinski definition) is 3. The summed E-state index contributed by atoms with van der Waals surface area (Å²) in [5, 5.41) is 0. The SMILES string of the molecule is CCCC1CCCCN1CC(=O)OC. The molecular formula is C11H21NO2. The molecule has 1 heterocycles. The van der Waals surface area contributed by atoms with Crippen LogP contribution < -0.4 is 0 Å². The van der Waals surface area contributed by atoms with E-state index in [4.69, 9.17) is 4.74 Å². The Labute approximate surface area is 86.4 Å². The molecule has 1 atom stereocenters. The first kappa shape index (κ1) is 11.5. The Balaban J connectivity index is 2.41. The van der Waals surface area contributed by atoms with Crippen LogP contribution in [0.4, 0.5) is 0 Å². The van der Waals surface area contributed by atoms with E-state index < -0.39 is 0 Å². The predicted octanol–water partition coefficient (Wildman–Crippen LogP) is 1.81. The van der Waals surface area contributed by atoms with E-state index >= 15 is 0 Å². The van der Waals surface area contributed by atoms with E-state index in [1.807, 2.05) is 0 Å². The highest BCUT2D eigenvalue weighted by atomic mass is 16.5. The topological polar surface area (TPSA) is 29.5 Å². The van der Waals surface area contributed by atoms with Crippen molar-refractivity contribution in [3.05, 3.63) is 0 Å². The van der Waals surface area contributed by atoms with Crippen LogP contribution in [0.1, 0.15) is 39.0 Å². The molecule has 1 rings (SSSR count). The number of esters is 1. The molecule has 82 valence electrons. The third-order valence-corrected chi connectivity index (χ3v) is 2.93. The molecule has 1 aliphatic rings.